The van der Waals surface area contributed by atoms with Crippen molar-refractivity contribution in [3.05, 3.63) is 41.9 Å². The summed E-state index contributed by atoms with van der Waals surface area (Å²) in [5, 5.41) is 6.40. The van der Waals surface area contributed by atoms with Gasteiger partial charge in [0.1, 0.15) is 28.9 Å². The van der Waals surface area contributed by atoms with Crippen molar-refractivity contribution in [1.29, 1.82) is 0 Å². The van der Waals surface area contributed by atoms with Crippen LogP contribution in [0.5, 0.6) is 11.8 Å². The highest BCUT2D eigenvalue weighted by molar-refractivity contribution is 6.07. The Kier molecular flexibility index (Phi) is 10.8. The number of anilines is 1. The molecular formula is C44H58FN7O5. The van der Waals surface area contributed by atoms with E-state index in [0.717, 1.165) is 99.8 Å². The summed E-state index contributed by atoms with van der Waals surface area (Å²) < 4.78 is 43.0. The number of amides is 1. The highest BCUT2D eigenvalue weighted by atomic mass is 19.1. The summed E-state index contributed by atoms with van der Waals surface area (Å²) in [6, 6.07) is 3.96. The zero-order valence-electron chi connectivity index (χ0n) is 34.5. The molecule has 4 aliphatic rings. The van der Waals surface area contributed by atoms with Crippen LogP contribution in [0.15, 0.2) is 24.9 Å². The number of aromatic nitrogens is 4. The molecular weight excluding hydrogens is 726 g/mol. The fraction of sp³-hybridized carbons (Fsp3) is 0.591. The molecule has 4 aromatic rings. The third kappa shape index (κ3) is 7.65. The predicted octanol–water partition coefficient (Wildman–Crippen LogP) is 8.54. The molecule has 4 fully saturated rings. The van der Waals surface area contributed by atoms with Gasteiger partial charge in [-0.2, -0.15) is 15.1 Å². The summed E-state index contributed by atoms with van der Waals surface area (Å²) in [7, 11) is 0. The van der Waals surface area contributed by atoms with E-state index in [0.29, 0.717) is 65.8 Å². The molecule has 6 heterocycles. The molecule has 1 atom stereocenters. The van der Waals surface area contributed by atoms with Crippen LogP contribution in [-0.4, -0.2) is 106 Å². The Labute approximate surface area is 335 Å². The van der Waals surface area contributed by atoms with Gasteiger partial charge in [-0.15, -0.1) is 0 Å². The smallest absolute Gasteiger partial charge is 0.410 e. The van der Waals surface area contributed by atoms with Gasteiger partial charge in [0.25, 0.3) is 0 Å². The molecule has 1 spiro atoms. The van der Waals surface area contributed by atoms with Crippen molar-refractivity contribution in [3.63, 3.8) is 0 Å². The van der Waals surface area contributed by atoms with E-state index in [-0.39, 0.29) is 29.7 Å². The second-order valence-corrected chi connectivity index (χ2v) is 17.3. The highest BCUT2D eigenvalue weighted by Gasteiger charge is 2.48. The number of rotatable bonds is 9. The summed E-state index contributed by atoms with van der Waals surface area (Å²) in [6.07, 6.45) is 9.55. The summed E-state index contributed by atoms with van der Waals surface area (Å²) in [4.78, 5) is 29.7. The van der Waals surface area contributed by atoms with Crippen LogP contribution in [0.3, 0.4) is 0 Å². The first-order valence-corrected chi connectivity index (χ1v) is 20.9. The van der Waals surface area contributed by atoms with Gasteiger partial charge in [-0.3, -0.25) is 0 Å². The number of nitrogens with zero attached hydrogens (tertiary/aromatic N) is 7. The molecule has 0 aliphatic carbocycles. The number of fused-ring (bicyclic) bond motifs is 2. The van der Waals surface area contributed by atoms with E-state index in [4.69, 9.17) is 34.0 Å². The number of likely N-dealkylation sites (tertiary alicyclic amines) is 2. The second kappa shape index (κ2) is 15.7. The molecule has 2 aromatic carbocycles. The Morgan fingerprint density at radius 3 is 2.44 bits per heavy atom. The monoisotopic (exact) mass is 783 g/mol. The summed E-state index contributed by atoms with van der Waals surface area (Å²) >= 11 is 0. The molecule has 0 saturated carbocycles. The summed E-state index contributed by atoms with van der Waals surface area (Å²) in [5.74, 6) is 0.983. The molecule has 4 saturated heterocycles. The minimum atomic E-state index is -0.528. The number of piperidine rings is 2. The van der Waals surface area contributed by atoms with Gasteiger partial charge >= 0.3 is 12.1 Å². The molecule has 2 aromatic heterocycles. The third-order valence-corrected chi connectivity index (χ3v) is 12.3. The summed E-state index contributed by atoms with van der Waals surface area (Å²) in [6.45, 7) is 22.7. The first-order chi connectivity index (χ1) is 27.4. The zero-order chi connectivity index (χ0) is 40.1. The van der Waals surface area contributed by atoms with Crippen molar-refractivity contribution in [2.45, 2.75) is 104 Å². The first-order valence-electron chi connectivity index (χ1n) is 20.9. The van der Waals surface area contributed by atoms with E-state index in [2.05, 4.69) is 29.4 Å². The Bertz CT molecular complexity index is 2130. The Balaban J connectivity index is 1.22. The molecule has 13 heteroatoms. The highest BCUT2D eigenvalue weighted by Crippen LogP contribution is 2.48. The van der Waals surface area contributed by atoms with Crippen LogP contribution in [0.1, 0.15) is 96.9 Å². The minimum Gasteiger partial charge on any atom is -0.491 e. The second-order valence-electron chi connectivity index (χ2n) is 17.3. The fourth-order valence-corrected chi connectivity index (χ4v) is 9.16. The molecule has 306 valence electrons. The number of hydrogen-bond acceptors (Lipinski definition) is 10. The lowest BCUT2D eigenvalue weighted by molar-refractivity contribution is -0.0434. The van der Waals surface area contributed by atoms with Gasteiger partial charge in [0, 0.05) is 79.3 Å². The number of hydrogen-bond donors (Lipinski definition) is 0. The maximum absolute atomic E-state index is 16.2. The molecule has 57 heavy (non-hydrogen) atoms. The van der Waals surface area contributed by atoms with Crippen molar-refractivity contribution in [2.24, 2.45) is 5.41 Å². The lowest BCUT2D eigenvalue weighted by Crippen LogP contribution is -2.62. The number of carbonyl (C=O) groups excluding carboxylic acids is 1. The predicted molar refractivity (Wildman–Crippen MR) is 221 cm³/mol. The van der Waals surface area contributed by atoms with E-state index >= 15 is 4.39 Å². The molecule has 0 bridgehead atoms. The number of benzene rings is 2. The molecule has 0 radical (unpaired) electrons. The van der Waals surface area contributed by atoms with Gasteiger partial charge in [0.2, 0.25) is 0 Å². The van der Waals surface area contributed by atoms with Crippen LogP contribution in [0, 0.1) is 18.2 Å². The average molecular weight is 784 g/mol. The number of halogens is 1. The van der Waals surface area contributed by atoms with Gasteiger partial charge in [0.05, 0.1) is 18.3 Å². The summed E-state index contributed by atoms with van der Waals surface area (Å²) in [5.41, 5.74) is 3.49. The van der Waals surface area contributed by atoms with Crippen molar-refractivity contribution >= 4 is 39.8 Å². The van der Waals surface area contributed by atoms with Crippen LogP contribution in [0.4, 0.5) is 15.0 Å². The van der Waals surface area contributed by atoms with E-state index in [1.54, 1.807) is 6.07 Å². The standard InChI is InChI=1S/C44H58FN7O5/c1-8-29-23-31-38(39(54-10-3)37(29)36-28(4)33(45)24-34-32(36)25-46-52(34)35-13-11-12-22-55-35)47-41(56-30-14-18-49(9-2)19-15-30)48-40(31)50-20-16-44(17-21-50)26-51(27-44)42(53)57-43(5,6)7/h8,23-25,30,35H,1,9-22,26-27H2,2-7H3. The van der Waals surface area contributed by atoms with Gasteiger partial charge < -0.3 is 33.6 Å². The molecule has 0 N–H and O–H groups in total. The fourth-order valence-electron chi connectivity index (χ4n) is 9.16. The van der Waals surface area contributed by atoms with E-state index < -0.39 is 5.60 Å². The zero-order valence-corrected chi connectivity index (χ0v) is 34.5. The largest absolute Gasteiger partial charge is 0.491 e. The third-order valence-electron chi connectivity index (χ3n) is 12.3. The van der Waals surface area contributed by atoms with Crippen LogP contribution >= 0.6 is 0 Å². The lowest BCUT2D eigenvalue weighted by atomic mass is 9.72. The Morgan fingerprint density at radius 1 is 1.04 bits per heavy atom. The topological polar surface area (TPSA) is 107 Å². The number of ether oxygens (including phenoxy) is 4. The maximum atomic E-state index is 16.2. The van der Waals surface area contributed by atoms with Crippen molar-refractivity contribution in [3.8, 4) is 22.9 Å². The first kappa shape index (κ1) is 39.3. The van der Waals surface area contributed by atoms with Crippen LogP contribution in [-0.2, 0) is 9.47 Å². The lowest BCUT2D eigenvalue weighted by Gasteiger charge is -2.53. The Morgan fingerprint density at radius 2 is 1.79 bits per heavy atom. The van der Waals surface area contributed by atoms with Crippen LogP contribution in [0.25, 0.3) is 39.0 Å². The van der Waals surface area contributed by atoms with Gasteiger partial charge in [-0.1, -0.05) is 19.6 Å². The number of carbonyl (C=O) groups is 1. The maximum Gasteiger partial charge on any atom is 0.410 e. The quantitative estimate of drug-likeness (QED) is 0.164. The molecule has 1 unspecified atom stereocenters. The van der Waals surface area contributed by atoms with E-state index in [1.807, 2.05) is 56.5 Å². The molecule has 8 rings (SSSR count). The SMILES string of the molecule is C=Cc1cc2c(N3CCC4(CC3)CN(C(=O)OC(C)(C)C)C4)nc(OC3CCN(CC)CC3)nc2c(OCC)c1-c1c(C)c(F)cc2c1cnn2C1CCCCO1. The van der Waals surface area contributed by atoms with Crippen LogP contribution in [0.2, 0.25) is 0 Å². The van der Waals surface area contributed by atoms with Crippen LogP contribution < -0.4 is 14.4 Å². The van der Waals surface area contributed by atoms with Crippen molar-refractivity contribution in [2.75, 3.05) is 63.9 Å². The normalized spacial score (nSPS) is 20.6. The minimum absolute atomic E-state index is 0.0167. The van der Waals surface area contributed by atoms with Crippen molar-refractivity contribution < 1.29 is 28.1 Å². The van der Waals surface area contributed by atoms with E-state index in [9.17, 15) is 4.79 Å². The van der Waals surface area contributed by atoms with Gasteiger partial charge in [0.15, 0.2) is 12.0 Å². The van der Waals surface area contributed by atoms with E-state index in [1.165, 1.54) is 0 Å². The Hall–Kier alpha value is -4.49. The van der Waals surface area contributed by atoms with Gasteiger partial charge in [-0.05, 0) is 103 Å². The molecule has 4 aliphatic heterocycles. The molecule has 1 amide bonds. The average Bonchev–Trinajstić information content (AvgIpc) is 3.60. The van der Waals surface area contributed by atoms with Crippen molar-refractivity contribution in [1.82, 2.24) is 29.5 Å². The molecule has 12 nitrogen and oxygen atoms in total. The van der Waals surface area contributed by atoms with Gasteiger partial charge in [-0.25, -0.2) is 13.9 Å².